The van der Waals surface area contributed by atoms with E-state index in [1.165, 1.54) is 4.68 Å². The van der Waals surface area contributed by atoms with Crippen molar-refractivity contribution in [2.45, 2.75) is 25.1 Å². The Morgan fingerprint density at radius 3 is 2.95 bits per heavy atom. The number of anilines is 1. The zero-order chi connectivity index (χ0) is 14.8. The van der Waals surface area contributed by atoms with E-state index in [0.29, 0.717) is 18.1 Å². The average Bonchev–Trinajstić information content (AvgIpc) is 2.96. The predicted octanol–water partition coefficient (Wildman–Crippen LogP) is 1.96. The fourth-order valence-electron chi connectivity index (χ4n) is 1.92. The zero-order valence-electron chi connectivity index (χ0n) is 10.8. The fourth-order valence-corrected chi connectivity index (χ4v) is 1.92. The van der Waals surface area contributed by atoms with Crippen molar-refractivity contribution in [2.75, 3.05) is 18.5 Å². The maximum atomic E-state index is 12.0. The van der Waals surface area contributed by atoms with Gasteiger partial charge < -0.3 is 10.1 Å². The second-order valence-electron chi connectivity index (χ2n) is 4.50. The van der Waals surface area contributed by atoms with Gasteiger partial charge in [0, 0.05) is 19.7 Å². The average molecular weight is 292 g/mol. The van der Waals surface area contributed by atoms with Gasteiger partial charge in [0.2, 0.25) is 0 Å². The summed E-state index contributed by atoms with van der Waals surface area (Å²) >= 11 is 0. The lowest BCUT2D eigenvalue weighted by Crippen LogP contribution is -2.37. The monoisotopic (exact) mass is 292 g/mol. The van der Waals surface area contributed by atoms with Crippen LogP contribution < -0.4 is 10.6 Å². The molecular formula is C11H15F3N4O2. The minimum absolute atomic E-state index is 0.116. The van der Waals surface area contributed by atoms with Crippen LogP contribution in [0.25, 0.3) is 0 Å². The number of nitrogens with one attached hydrogen (secondary N) is 2. The molecular weight excluding hydrogens is 277 g/mol. The third kappa shape index (κ3) is 3.86. The molecule has 1 aliphatic heterocycles. The van der Waals surface area contributed by atoms with Crippen LogP contribution in [-0.4, -0.2) is 35.1 Å². The number of aryl methyl sites for hydroxylation is 1. The number of hydrogen-bond acceptors (Lipinski definition) is 3. The summed E-state index contributed by atoms with van der Waals surface area (Å²) in [5.74, 6) is 0.315. The summed E-state index contributed by atoms with van der Waals surface area (Å²) in [5.41, 5.74) is 0.663. The van der Waals surface area contributed by atoms with Crippen LogP contribution in [0, 0.1) is 0 Å². The van der Waals surface area contributed by atoms with Crippen molar-refractivity contribution >= 4 is 11.8 Å². The van der Waals surface area contributed by atoms with Crippen LogP contribution >= 0.6 is 0 Å². The van der Waals surface area contributed by atoms with Crippen molar-refractivity contribution in [1.82, 2.24) is 15.1 Å². The third-order valence-electron chi connectivity index (χ3n) is 2.85. The van der Waals surface area contributed by atoms with E-state index in [1.54, 1.807) is 18.4 Å². The van der Waals surface area contributed by atoms with E-state index in [1.807, 2.05) is 0 Å². The molecule has 0 radical (unpaired) electrons. The number of carbonyl (C=O) groups is 1. The van der Waals surface area contributed by atoms with Crippen LogP contribution in [-0.2, 0) is 11.8 Å². The van der Waals surface area contributed by atoms with Gasteiger partial charge in [0.05, 0.1) is 5.69 Å². The minimum Gasteiger partial charge on any atom is -0.372 e. The molecule has 1 fully saturated rings. The second-order valence-corrected chi connectivity index (χ2v) is 4.50. The van der Waals surface area contributed by atoms with Gasteiger partial charge in [-0.2, -0.15) is 18.3 Å². The van der Waals surface area contributed by atoms with Crippen LogP contribution in [0.5, 0.6) is 0 Å². The van der Waals surface area contributed by atoms with Crippen LogP contribution in [0.2, 0.25) is 0 Å². The lowest BCUT2D eigenvalue weighted by molar-refractivity contribution is -0.122. The normalized spacial score (nSPS) is 19.1. The number of nitrogens with zero attached hydrogens (tertiary/aromatic N) is 2. The first kappa shape index (κ1) is 14.6. The van der Waals surface area contributed by atoms with E-state index in [-0.39, 0.29) is 6.10 Å². The summed E-state index contributed by atoms with van der Waals surface area (Å²) in [6.07, 6.45) is -2.77. The standard InChI is InChI=1S/C11H15F3N4O2/c1-18-9(16-10(19)15-6-11(12,13)14)5-7(17-18)8-3-2-4-20-8/h5,8H,2-4,6H2,1H3,(H2,15,16,19). The summed E-state index contributed by atoms with van der Waals surface area (Å²) in [4.78, 5) is 11.3. The number of amides is 2. The summed E-state index contributed by atoms with van der Waals surface area (Å²) in [6.45, 7) is -0.717. The first-order valence-corrected chi connectivity index (χ1v) is 6.12. The largest absolute Gasteiger partial charge is 0.405 e. The van der Waals surface area contributed by atoms with Crippen molar-refractivity contribution in [3.63, 3.8) is 0 Å². The van der Waals surface area contributed by atoms with Gasteiger partial charge in [-0.15, -0.1) is 0 Å². The Kier molecular flexibility index (Phi) is 4.17. The van der Waals surface area contributed by atoms with Crippen molar-refractivity contribution in [3.05, 3.63) is 11.8 Å². The van der Waals surface area contributed by atoms with Crippen LogP contribution in [0.3, 0.4) is 0 Å². The van der Waals surface area contributed by atoms with Crippen molar-refractivity contribution < 1.29 is 22.7 Å². The Morgan fingerprint density at radius 2 is 2.35 bits per heavy atom. The number of aromatic nitrogens is 2. The molecule has 0 aliphatic carbocycles. The Morgan fingerprint density at radius 1 is 1.60 bits per heavy atom. The Balaban J connectivity index is 1.93. The quantitative estimate of drug-likeness (QED) is 0.894. The number of ether oxygens (including phenoxy) is 1. The highest BCUT2D eigenvalue weighted by Gasteiger charge is 2.28. The summed E-state index contributed by atoms with van der Waals surface area (Å²) in [6, 6.07) is 0.674. The number of carbonyl (C=O) groups excluding carboxylic acids is 1. The molecule has 0 aromatic carbocycles. The highest BCUT2D eigenvalue weighted by Crippen LogP contribution is 2.28. The third-order valence-corrected chi connectivity index (χ3v) is 2.85. The van der Waals surface area contributed by atoms with Crippen molar-refractivity contribution in [3.8, 4) is 0 Å². The molecule has 1 unspecified atom stereocenters. The molecule has 1 aliphatic rings. The summed E-state index contributed by atoms with van der Waals surface area (Å²) in [5, 5.41) is 8.23. The van der Waals surface area contributed by atoms with E-state index < -0.39 is 18.8 Å². The number of halogens is 3. The topological polar surface area (TPSA) is 68.2 Å². The highest BCUT2D eigenvalue weighted by atomic mass is 19.4. The van der Waals surface area contributed by atoms with Crippen molar-refractivity contribution in [2.24, 2.45) is 7.05 Å². The first-order valence-electron chi connectivity index (χ1n) is 6.12. The van der Waals surface area contributed by atoms with E-state index in [4.69, 9.17) is 4.74 Å². The maximum absolute atomic E-state index is 12.0. The Bertz CT molecular complexity index is 481. The Hall–Kier alpha value is -1.77. The molecule has 1 aromatic rings. The van der Waals surface area contributed by atoms with Gasteiger partial charge >= 0.3 is 12.2 Å². The minimum atomic E-state index is -4.44. The molecule has 2 amide bonds. The van der Waals surface area contributed by atoms with Gasteiger partial charge in [-0.1, -0.05) is 0 Å². The van der Waals surface area contributed by atoms with Crippen LogP contribution in [0.15, 0.2) is 6.07 Å². The van der Waals surface area contributed by atoms with Crippen LogP contribution in [0.4, 0.5) is 23.8 Å². The highest BCUT2D eigenvalue weighted by molar-refractivity contribution is 5.88. The van der Waals surface area contributed by atoms with E-state index >= 15 is 0 Å². The molecule has 112 valence electrons. The fraction of sp³-hybridized carbons (Fsp3) is 0.636. The SMILES string of the molecule is Cn1nc(C2CCCO2)cc1NC(=O)NCC(F)(F)F. The molecule has 0 saturated carbocycles. The number of urea groups is 1. The summed E-state index contributed by atoms with van der Waals surface area (Å²) in [7, 11) is 1.60. The van der Waals surface area contributed by atoms with Gasteiger partial charge in [-0.3, -0.25) is 10.00 Å². The van der Waals surface area contributed by atoms with E-state index in [0.717, 1.165) is 12.8 Å². The van der Waals surface area contributed by atoms with Gasteiger partial charge in [-0.05, 0) is 12.8 Å². The maximum Gasteiger partial charge on any atom is 0.405 e. The summed E-state index contributed by atoms with van der Waals surface area (Å²) < 4.78 is 42.7. The molecule has 1 atom stereocenters. The number of rotatable bonds is 3. The van der Waals surface area contributed by atoms with Gasteiger partial charge in [0.1, 0.15) is 18.5 Å². The molecule has 0 spiro atoms. The molecule has 2 rings (SSSR count). The molecule has 2 heterocycles. The molecule has 6 nitrogen and oxygen atoms in total. The lowest BCUT2D eigenvalue weighted by atomic mass is 10.2. The number of hydrogen-bond donors (Lipinski definition) is 2. The molecule has 20 heavy (non-hydrogen) atoms. The molecule has 1 saturated heterocycles. The predicted molar refractivity (Wildman–Crippen MR) is 64.2 cm³/mol. The van der Waals surface area contributed by atoms with Gasteiger partial charge in [0.25, 0.3) is 0 Å². The van der Waals surface area contributed by atoms with Crippen LogP contribution in [0.1, 0.15) is 24.6 Å². The first-order chi connectivity index (χ1) is 9.35. The van der Waals surface area contributed by atoms with Crippen molar-refractivity contribution in [1.29, 1.82) is 0 Å². The van der Waals surface area contributed by atoms with Gasteiger partial charge in [0.15, 0.2) is 0 Å². The number of alkyl halides is 3. The molecule has 9 heteroatoms. The lowest BCUT2D eigenvalue weighted by Gasteiger charge is -2.09. The van der Waals surface area contributed by atoms with Gasteiger partial charge in [-0.25, -0.2) is 4.79 Å². The van der Waals surface area contributed by atoms with E-state index in [2.05, 4.69) is 10.4 Å². The smallest absolute Gasteiger partial charge is 0.372 e. The molecule has 2 N–H and O–H groups in total. The second kappa shape index (κ2) is 5.70. The Labute approximate surface area is 113 Å². The molecule has 0 bridgehead atoms. The molecule has 1 aromatic heterocycles. The zero-order valence-corrected chi connectivity index (χ0v) is 10.8. The van der Waals surface area contributed by atoms with E-state index in [9.17, 15) is 18.0 Å².